The summed E-state index contributed by atoms with van der Waals surface area (Å²) in [5.41, 5.74) is 4.48. The first-order valence-electron chi connectivity index (χ1n) is 7.28. The number of amides is 2. The van der Waals surface area contributed by atoms with Crippen molar-refractivity contribution in [3.8, 4) is 0 Å². The van der Waals surface area contributed by atoms with Crippen molar-refractivity contribution in [3.05, 3.63) is 54.6 Å². The van der Waals surface area contributed by atoms with E-state index in [1.807, 2.05) is 54.6 Å². The third-order valence-electron chi connectivity index (χ3n) is 3.51. The third-order valence-corrected chi connectivity index (χ3v) is 4.79. The summed E-state index contributed by atoms with van der Waals surface area (Å²) >= 11 is 1.42. The van der Waals surface area contributed by atoms with Crippen LogP contribution in [-0.4, -0.2) is 24.1 Å². The monoisotopic (exact) mass is 327 g/mol. The molecule has 0 bridgehead atoms. The number of hydrazine groups is 1. The van der Waals surface area contributed by atoms with Gasteiger partial charge in [-0.05, 0) is 24.3 Å². The van der Waals surface area contributed by atoms with Crippen molar-refractivity contribution in [2.75, 3.05) is 17.4 Å². The van der Waals surface area contributed by atoms with Crippen LogP contribution in [0.3, 0.4) is 0 Å². The molecule has 0 saturated heterocycles. The molecule has 2 amide bonds. The van der Waals surface area contributed by atoms with Gasteiger partial charge in [0.1, 0.15) is 0 Å². The maximum absolute atomic E-state index is 12.2. The largest absolute Gasteiger partial charge is 0.324 e. The van der Waals surface area contributed by atoms with Gasteiger partial charge in [0.2, 0.25) is 11.8 Å². The van der Waals surface area contributed by atoms with Crippen LogP contribution in [0.5, 0.6) is 0 Å². The van der Waals surface area contributed by atoms with Crippen LogP contribution in [0.1, 0.15) is 6.42 Å². The van der Waals surface area contributed by atoms with Crippen LogP contribution >= 0.6 is 11.8 Å². The minimum absolute atomic E-state index is 0.127. The van der Waals surface area contributed by atoms with E-state index >= 15 is 0 Å². The Morgan fingerprint density at radius 2 is 1.87 bits per heavy atom. The van der Waals surface area contributed by atoms with Crippen LogP contribution in [0.2, 0.25) is 0 Å². The number of carbonyl (C=O) groups excluding carboxylic acids is 2. The molecule has 2 aromatic rings. The Morgan fingerprint density at radius 1 is 1.17 bits per heavy atom. The van der Waals surface area contributed by atoms with Gasteiger partial charge in [0.05, 0.1) is 16.6 Å². The van der Waals surface area contributed by atoms with Crippen LogP contribution in [0, 0.1) is 0 Å². The molecule has 6 heteroatoms. The highest BCUT2D eigenvalue weighted by Crippen LogP contribution is 2.36. The Bertz CT molecular complexity index is 721. The van der Waals surface area contributed by atoms with Crippen LogP contribution in [0.4, 0.5) is 11.4 Å². The lowest BCUT2D eigenvalue weighted by Gasteiger charge is -2.25. The predicted molar refractivity (Wildman–Crippen MR) is 92.3 cm³/mol. The Labute approximate surface area is 139 Å². The second kappa shape index (κ2) is 6.75. The zero-order chi connectivity index (χ0) is 16.2. The smallest absolute Gasteiger partial charge is 0.240 e. The molecule has 0 aromatic heterocycles. The molecule has 2 aromatic carbocycles. The average molecular weight is 327 g/mol. The fourth-order valence-corrected chi connectivity index (χ4v) is 3.45. The number of fused-ring (bicyclic) bond motifs is 1. The van der Waals surface area contributed by atoms with Gasteiger partial charge < -0.3 is 5.32 Å². The molecule has 1 heterocycles. The maximum Gasteiger partial charge on any atom is 0.240 e. The highest BCUT2D eigenvalue weighted by molar-refractivity contribution is 8.01. The molecule has 118 valence electrons. The number of hydrogen-bond donors (Lipinski definition) is 2. The number of thioether (sulfide) groups is 1. The first-order chi connectivity index (χ1) is 11.1. The summed E-state index contributed by atoms with van der Waals surface area (Å²) < 4.78 is 0. The molecule has 0 fully saturated rings. The lowest BCUT2D eigenvalue weighted by Crippen LogP contribution is -2.42. The summed E-state index contributed by atoms with van der Waals surface area (Å²) in [5.74, 6) is -0.324. The molecule has 0 saturated carbocycles. The van der Waals surface area contributed by atoms with Gasteiger partial charge in [0.15, 0.2) is 0 Å². The SMILES string of the molecule is CN(NC(=O)C[C@H]1Sc2ccccc2NC1=O)c1ccccc1. The quantitative estimate of drug-likeness (QED) is 0.848. The number of nitrogens with one attached hydrogen (secondary N) is 2. The van der Waals surface area contributed by atoms with E-state index in [2.05, 4.69) is 10.7 Å². The standard InChI is InChI=1S/C17H17N3O2S/c1-20(12-7-3-2-4-8-12)19-16(21)11-15-17(22)18-13-9-5-6-10-14(13)23-15/h2-10,15H,11H2,1H3,(H,18,22)(H,19,21)/t15-/m1/s1. The minimum Gasteiger partial charge on any atom is -0.324 e. The highest BCUT2D eigenvalue weighted by atomic mass is 32.2. The molecule has 0 aliphatic carbocycles. The number of benzene rings is 2. The van der Waals surface area contributed by atoms with Gasteiger partial charge in [-0.1, -0.05) is 30.3 Å². The number of nitrogens with zero attached hydrogens (tertiary/aromatic N) is 1. The summed E-state index contributed by atoms with van der Waals surface area (Å²) in [6, 6.07) is 17.1. The normalized spacial score (nSPS) is 16.2. The van der Waals surface area contributed by atoms with Crippen LogP contribution < -0.4 is 15.8 Å². The van der Waals surface area contributed by atoms with Crippen LogP contribution in [-0.2, 0) is 9.59 Å². The summed E-state index contributed by atoms with van der Waals surface area (Å²) in [5, 5.41) is 4.08. The number of rotatable bonds is 4. The Kier molecular flexibility index (Phi) is 4.52. The van der Waals surface area contributed by atoms with Crippen molar-refractivity contribution in [2.24, 2.45) is 0 Å². The molecule has 0 spiro atoms. The van der Waals surface area contributed by atoms with Crippen molar-refractivity contribution in [2.45, 2.75) is 16.6 Å². The van der Waals surface area contributed by atoms with Gasteiger partial charge in [-0.3, -0.25) is 20.0 Å². The Hall–Kier alpha value is -2.47. The van der Waals surface area contributed by atoms with Crippen LogP contribution in [0.25, 0.3) is 0 Å². The molecule has 2 N–H and O–H groups in total. The van der Waals surface area contributed by atoms with Gasteiger partial charge in [-0.15, -0.1) is 11.8 Å². The molecule has 3 rings (SSSR count). The molecule has 1 atom stereocenters. The van der Waals surface area contributed by atoms with Gasteiger partial charge in [0, 0.05) is 18.4 Å². The van der Waals surface area contributed by atoms with E-state index < -0.39 is 5.25 Å². The summed E-state index contributed by atoms with van der Waals surface area (Å²) in [4.78, 5) is 25.3. The molecule has 0 radical (unpaired) electrons. The van der Waals surface area contributed by atoms with Gasteiger partial charge in [0.25, 0.3) is 0 Å². The van der Waals surface area contributed by atoms with Crippen molar-refractivity contribution in [3.63, 3.8) is 0 Å². The molecular formula is C17H17N3O2S. The lowest BCUT2D eigenvalue weighted by atomic mass is 10.2. The Morgan fingerprint density at radius 3 is 2.65 bits per heavy atom. The van der Waals surface area contributed by atoms with E-state index in [0.29, 0.717) is 0 Å². The second-order valence-corrected chi connectivity index (χ2v) is 6.47. The molecular weight excluding hydrogens is 310 g/mol. The topological polar surface area (TPSA) is 61.4 Å². The average Bonchev–Trinajstić information content (AvgIpc) is 2.56. The molecule has 1 aliphatic rings. The summed E-state index contributed by atoms with van der Waals surface area (Å²) in [7, 11) is 1.77. The van der Waals surface area contributed by atoms with Crippen molar-refractivity contribution in [1.82, 2.24) is 5.43 Å². The third kappa shape index (κ3) is 3.65. The maximum atomic E-state index is 12.2. The highest BCUT2D eigenvalue weighted by Gasteiger charge is 2.29. The van der Waals surface area contributed by atoms with Gasteiger partial charge in [-0.25, -0.2) is 0 Å². The first kappa shape index (κ1) is 15.4. The van der Waals surface area contributed by atoms with E-state index in [9.17, 15) is 9.59 Å². The molecule has 5 nitrogen and oxygen atoms in total. The number of para-hydroxylation sites is 2. The van der Waals surface area contributed by atoms with Gasteiger partial charge in [-0.2, -0.15) is 0 Å². The zero-order valence-electron chi connectivity index (χ0n) is 12.7. The summed E-state index contributed by atoms with van der Waals surface area (Å²) in [6.07, 6.45) is 0.127. The van der Waals surface area contributed by atoms with Crippen molar-refractivity contribution >= 4 is 35.0 Å². The van der Waals surface area contributed by atoms with Crippen LogP contribution in [0.15, 0.2) is 59.5 Å². The molecule has 1 aliphatic heterocycles. The van der Waals surface area contributed by atoms with Gasteiger partial charge >= 0.3 is 0 Å². The number of anilines is 2. The Balaban J connectivity index is 1.61. The number of hydrogen-bond acceptors (Lipinski definition) is 4. The first-order valence-corrected chi connectivity index (χ1v) is 8.16. The summed E-state index contributed by atoms with van der Waals surface area (Å²) in [6.45, 7) is 0. The van der Waals surface area contributed by atoms with Crippen molar-refractivity contribution in [1.29, 1.82) is 0 Å². The van der Waals surface area contributed by atoms with Crippen molar-refractivity contribution < 1.29 is 9.59 Å². The minimum atomic E-state index is -0.422. The second-order valence-electron chi connectivity index (χ2n) is 5.23. The number of carbonyl (C=O) groups is 2. The lowest BCUT2D eigenvalue weighted by molar-refractivity contribution is -0.124. The molecule has 0 unspecified atom stereocenters. The van der Waals surface area contributed by atoms with E-state index in [1.165, 1.54) is 11.8 Å². The van der Waals surface area contributed by atoms with E-state index in [4.69, 9.17) is 0 Å². The fourth-order valence-electron chi connectivity index (χ4n) is 2.34. The van der Waals surface area contributed by atoms with E-state index in [1.54, 1.807) is 12.1 Å². The van der Waals surface area contributed by atoms with E-state index in [-0.39, 0.29) is 18.2 Å². The molecule has 23 heavy (non-hydrogen) atoms. The zero-order valence-corrected chi connectivity index (χ0v) is 13.5. The van der Waals surface area contributed by atoms with E-state index in [0.717, 1.165) is 16.3 Å². The fraction of sp³-hybridized carbons (Fsp3) is 0.176. The predicted octanol–water partition coefficient (Wildman–Crippen LogP) is 2.66.